The molecule has 0 aliphatic rings. The standard InChI is InChI=1S/C13H17N3O3S/c1-9-5-11(18-2)3-4-12(9)14-6-10(17)8-19-13-7-15-20-16-13/h3-5,7,10,14,17H,6,8H2,1-2H3. The smallest absolute Gasteiger partial charge is 0.245 e. The van der Waals surface area contributed by atoms with Gasteiger partial charge < -0.3 is 19.9 Å². The second-order valence-corrected chi connectivity index (χ2v) is 4.83. The minimum atomic E-state index is -0.627. The fourth-order valence-electron chi connectivity index (χ4n) is 1.65. The van der Waals surface area contributed by atoms with Crippen LogP contribution in [-0.2, 0) is 0 Å². The van der Waals surface area contributed by atoms with E-state index >= 15 is 0 Å². The molecule has 1 unspecified atom stereocenters. The van der Waals surface area contributed by atoms with E-state index in [1.165, 1.54) is 6.20 Å². The maximum Gasteiger partial charge on any atom is 0.245 e. The monoisotopic (exact) mass is 295 g/mol. The van der Waals surface area contributed by atoms with Crippen molar-refractivity contribution in [2.24, 2.45) is 0 Å². The van der Waals surface area contributed by atoms with Gasteiger partial charge in [0.1, 0.15) is 24.7 Å². The van der Waals surface area contributed by atoms with E-state index in [-0.39, 0.29) is 6.61 Å². The molecule has 0 aliphatic heterocycles. The molecule has 0 amide bonds. The van der Waals surface area contributed by atoms with Crippen molar-refractivity contribution in [2.45, 2.75) is 13.0 Å². The molecule has 1 aromatic heterocycles. The predicted octanol–water partition coefficient (Wildman–Crippen LogP) is 1.71. The summed E-state index contributed by atoms with van der Waals surface area (Å²) < 4.78 is 18.2. The quantitative estimate of drug-likeness (QED) is 0.810. The summed E-state index contributed by atoms with van der Waals surface area (Å²) in [4.78, 5) is 0. The largest absolute Gasteiger partial charge is 0.497 e. The lowest BCUT2D eigenvalue weighted by atomic mass is 10.2. The molecule has 2 rings (SSSR count). The number of hydrogen-bond donors (Lipinski definition) is 2. The Morgan fingerprint density at radius 2 is 2.30 bits per heavy atom. The van der Waals surface area contributed by atoms with Gasteiger partial charge in [-0.3, -0.25) is 0 Å². The Balaban J connectivity index is 1.79. The molecule has 0 bridgehead atoms. The van der Waals surface area contributed by atoms with E-state index in [0.717, 1.165) is 28.7 Å². The van der Waals surface area contributed by atoms with E-state index in [2.05, 4.69) is 14.1 Å². The Morgan fingerprint density at radius 1 is 1.45 bits per heavy atom. The Bertz CT molecular complexity index is 534. The molecule has 0 saturated heterocycles. The van der Waals surface area contributed by atoms with E-state index < -0.39 is 6.10 Å². The van der Waals surface area contributed by atoms with Crippen molar-refractivity contribution in [3.05, 3.63) is 30.0 Å². The number of anilines is 1. The van der Waals surface area contributed by atoms with Crippen LogP contribution in [0, 0.1) is 6.92 Å². The van der Waals surface area contributed by atoms with Crippen molar-refractivity contribution in [3.8, 4) is 11.6 Å². The van der Waals surface area contributed by atoms with Crippen LogP contribution < -0.4 is 14.8 Å². The van der Waals surface area contributed by atoms with Gasteiger partial charge >= 0.3 is 0 Å². The molecule has 7 heteroatoms. The van der Waals surface area contributed by atoms with Crippen LogP contribution in [0.5, 0.6) is 11.6 Å². The van der Waals surface area contributed by atoms with Crippen molar-refractivity contribution in [1.29, 1.82) is 0 Å². The van der Waals surface area contributed by atoms with E-state index in [9.17, 15) is 5.11 Å². The van der Waals surface area contributed by atoms with Gasteiger partial charge in [0, 0.05) is 12.2 Å². The first-order valence-corrected chi connectivity index (χ1v) is 6.89. The third-order valence-electron chi connectivity index (χ3n) is 2.73. The lowest BCUT2D eigenvalue weighted by molar-refractivity contribution is 0.115. The molecule has 1 atom stereocenters. The normalized spacial score (nSPS) is 11.9. The van der Waals surface area contributed by atoms with Crippen molar-refractivity contribution in [3.63, 3.8) is 0 Å². The van der Waals surface area contributed by atoms with Gasteiger partial charge in [0.25, 0.3) is 0 Å². The van der Waals surface area contributed by atoms with Crippen LogP contribution in [0.2, 0.25) is 0 Å². The summed E-state index contributed by atoms with van der Waals surface area (Å²) in [6.45, 7) is 2.55. The van der Waals surface area contributed by atoms with Gasteiger partial charge in [-0.2, -0.15) is 4.37 Å². The van der Waals surface area contributed by atoms with Gasteiger partial charge in [0.2, 0.25) is 5.88 Å². The number of aryl methyl sites for hydroxylation is 1. The van der Waals surface area contributed by atoms with Crippen LogP contribution >= 0.6 is 11.7 Å². The minimum absolute atomic E-state index is 0.174. The Hall–Kier alpha value is -1.86. The highest BCUT2D eigenvalue weighted by Crippen LogP contribution is 2.20. The Kier molecular flexibility index (Phi) is 5.14. The van der Waals surface area contributed by atoms with Gasteiger partial charge in [-0.1, -0.05) is 0 Å². The molecule has 0 saturated carbocycles. The second kappa shape index (κ2) is 7.06. The molecule has 0 radical (unpaired) electrons. The number of ether oxygens (including phenoxy) is 2. The third-order valence-corrected chi connectivity index (χ3v) is 3.19. The van der Waals surface area contributed by atoms with E-state index in [0.29, 0.717) is 12.4 Å². The van der Waals surface area contributed by atoms with Crippen LogP contribution in [0.15, 0.2) is 24.4 Å². The first-order valence-electron chi connectivity index (χ1n) is 6.16. The van der Waals surface area contributed by atoms with Crippen LogP contribution in [0.4, 0.5) is 5.69 Å². The molecule has 1 aromatic carbocycles. The Morgan fingerprint density at radius 3 is 2.95 bits per heavy atom. The first kappa shape index (κ1) is 14.5. The number of aliphatic hydroxyl groups is 1. The molecular weight excluding hydrogens is 278 g/mol. The number of hydrogen-bond acceptors (Lipinski definition) is 7. The average molecular weight is 295 g/mol. The zero-order valence-electron chi connectivity index (χ0n) is 11.4. The lowest BCUT2D eigenvalue weighted by Gasteiger charge is -2.14. The maximum absolute atomic E-state index is 9.84. The summed E-state index contributed by atoms with van der Waals surface area (Å²) >= 11 is 1.07. The molecular formula is C13H17N3O3S. The molecule has 1 heterocycles. The van der Waals surface area contributed by atoms with Crippen molar-refractivity contribution >= 4 is 17.4 Å². The fourth-order valence-corrected chi connectivity index (χ4v) is 2.01. The van der Waals surface area contributed by atoms with Gasteiger partial charge in [-0.15, -0.1) is 4.37 Å². The fraction of sp³-hybridized carbons (Fsp3) is 0.385. The molecule has 2 N–H and O–H groups in total. The summed E-state index contributed by atoms with van der Waals surface area (Å²) in [5.74, 6) is 1.25. The predicted molar refractivity (Wildman–Crippen MR) is 77.6 cm³/mol. The van der Waals surface area contributed by atoms with Crippen LogP contribution in [0.25, 0.3) is 0 Å². The average Bonchev–Trinajstić information content (AvgIpc) is 2.97. The van der Waals surface area contributed by atoms with Gasteiger partial charge in [-0.05, 0) is 30.7 Å². The molecule has 108 valence electrons. The summed E-state index contributed by atoms with van der Waals surface area (Å²) in [7, 11) is 1.64. The zero-order valence-corrected chi connectivity index (χ0v) is 12.2. The maximum atomic E-state index is 9.84. The third kappa shape index (κ3) is 4.07. The topological polar surface area (TPSA) is 76.5 Å². The summed E-state index contributed by atoms with van der Waals surface area (Å²) in [6, 6.07) is 5.73. The summed E-state index contributed by atoms with van der Waals surface area (Å²) in [5.41, 5.74) is 2.02. The highest BCUT2D eigenvalue weighted by Gasteiger charge is 2.08. The van der Waals surface area contributed by atoms with Gasteiger partial charge in [0.05, 0.1) is 18.8 Å². The van der Waals surface area contributed by atoms with E-state index in [4.69, 9.17) is 9.47 Å². The Labute approximate surface area is 121 Å². The zero-order chi connectivity index (χ0) is 14.4. The van der Waals surface area contributed by atoms with Crippen molar-refractivity contribution in [2.75, 3.05) is 25.6 Å². The van der Waals surface area contributed by atoms with E-state index in [1.807, 2.05) is 25.1 Å². The highest BCUT2D eigenvalue weighted by molar-refractivity contribution is 6.99. The molecule has 0 aliphatic carbocycles. The number of aliphatic hydroxyl groups excluding tert-OH is 1. The SMILES string of the molecule is COc1ccc(NCC(O)COc2cnsn2)c(C)c1. The number of nitrogens with one attached hydrogen (secondary N) is 1. The molecule has 2 aromatic rings. The number of rotatable bonds is 7. The van der Waals surface area contributed by atoms with Crippen LogP contribution in [0.1, 0.15) is 5.56 Å². The lowest BCUT2D eigenvalue weighted by Crippen LogP contribution is -2.26. The number of methoxy groups -OCH3 is 1. The summed E-state index contributed by atoms with van der Waals surface area (Å²) in [5, 5.41) is 13.0. The number of benzene rings is 1. The number of nitrogens with zero attached hydrogens (tertiary/aromatic N) is 2. The highest BCUT2D eigenvalue weighted by atomic mass is 32.1. The van der Waals surface area contributed by atoms with Gasteiger partial charge in [-0.25, -0.2) is 0 Å². The van der Waals surface area contributed by atoms with Crippen molar-refractivity contribution in [1.82, 2.24) is 8.75 Å². The van der Waals surface area contributed by atoms with Crippen LogP contribution in [-0.4, -0.2) is 40.2 Å². The summed E-state index contributed by atoms with van der Waals surface area (Å²) in [6.07, 6.45) is 0.900. The van der Waals surface area contributed by atoms with Crippen LogP contribution in [0.3, 0.4) is 0 Å². The second-order valence-electron chi connectivity index (χ2n) is 4.27. The molecule has 0 fully saturated rings. The molecule has 6 nitrogen and oxygen atoms in total. The first-order chi connectivity index (χ1) is 9.69. The van der Waals surface area contributed by atoms with Gasteiger partial charge in [0.15, 0.2) is 0 Å². The molecule has 20 heavy (non-hydrogen) atoms. The van der Waals surface area contributed by atoms with Crippen molar-refractivity contribution < 1.29 is 14.6 Å². The minimum Gasteiger partial charge on any atom is -0.497 e. The van der Waals surface area contributed by atoms with E-state index in [1.54, 1.807) is 7.11 Å². The number of aromatic nitrogens is 2. The molecule has 0 spiro atoms.